The van der Waals surface area contributed by atoms with Gasteiger partial charge in [0.2, 0.25) is 0 Å². The molecule has 2 aromatic rings. The Morgan fingerprint density at radius 2 is 2.15 bits per heavy atom. The highest BCUT2D eigenvalue weighted by Gasteiger charge is 2.22. The van der Waals surface area contributed by atoms with Crippen LogP contribution in [-0.2, 0) is 11.8 Å². The van der Waals surface area contributed by atoms with Crippen molar-refractivity contribution >= 4 is 11.3 Å². The third kappa shape index (κ3) is 2.45. The Bertz CT molecular complexity index is 628. The Labute approximate surface area is 123 Å². The second kappa shape index (κ2) is 4.86. The van der Waals surface area contributed by atoms with Crippen LogP contribution in [0.5, 0.6) is 5.75 Å². The lowest BCUT2D eigenvalue weighted by Gasteiger charge is -2.14. The first-order valence-corrected chi connectivity index (χ1v) is 7.73. The smallest absolute Gasteiger partial charge is 0.122 e. The number of rotatable bonds is 2. The van der Waals surface area contributed by atoms with Crippen LogP contribution in [0.4, 0.5) is 0 Å². The highest BCUT2D eigenvalue weighted by Crippen LogP contribution is 2.33. The summed E-state index contributed by atoms with van der Waals surface area (Å²) >= 11 is 1.61. The van der Waals surface area contributed by atoms with Gasteiger partial charge in [0, 0.05) is 17.2 Å². The van der Waals surface area contributed by atoms with Crippen LogP contribution in [0, 0.1) is 0 Å². The Morgan fingerprint density at radius 1 is 1.35 bits per heavy atom. The highest BCUT2D eigenvalue weighted by atomic mass is 32.1. The van der Waals surface area contributed by atoms with Gasteiger partial charge < -0.3 is 9.84 Å². The topological polar surface area (TPSA) is 42.4 Å². The van der Waals surface area contributed by atoms with E-state index in [1.807, 2.05) is 23.6 Å². The van der Waals surface area contributed by atoms with Crippen molar-refractivity contribution in [1.82, 2.24) is 4.98 Å². The number of fused-ring (bicyclic) bond motifs is 1. The fourth-order valence-electron chi connectivity index (χ4n) is 2.30. The van der Waals surface area contributed by atoms with E-state index in [0.717, 1.165) is 35.0 Å². The molecule has 0 spiro atoms. The highest BCUT2D eigenvalue weighted by molar-refractivity contribution is 7.09. The molecule has 20 heavy (non-hydrogen) atoms. The van der Waals surface area contributed by atoms with E-state index in [9.17, 15) is 5.11 Å². The quantitative estimate of drug-likeness (QED) is 0.920. The Hall–Kier alpha value is -1.39. The normalized spacial score (nSPS) is 15.8. The lowest BCUT2D eigenvalue weighted by Crippen LogP contribution is -2.11. The summed E-state index contributed by atoms with van der Waals surface area (Å²) in [5.41, 5.74) is 2.82. The molecule has 0 saturated heterocycles. The largest absolute Gasteiger partial charge is 0.493 e. The molecule has 0 radical (unpaired) electrons. The molecule has 0 saturated carbocycles. The fourth-order valence-corrected chi connectivity index (χ4v) is 3.23. The zero-order chi connectivity index (χ0) is 14.3. The minimum atomic E-state index is -0.659. The average Bonchev–Trinajstić information content (AvgIpc) is 3.05. The molecule has 3 nitrogen and oxygen atoms in total. The molecule has 106 valence electrons. The third-order valence-corrected chi connectivity index (χ3v) is 4.76. The van der Waals surface area contributed by atoms with Crippen molar-refractivity contribution in [3.63, 3.8) is 0 Å². The van der Waals surface area contributed by atoms with E-state index in [2.05, 4.69) is 25.8 Å². The van der Waals surface area contributed by atoms with Gasteiger partial charge >= 0.3 is 0 Å². The second-order valence-electron chi connectivity index (χ2n) is 6.20. The van der Waals surface area contributed by atoms with Gasteiger partial charge in [-0.2, -0.15) is 0 Å². The monoisotopic (exact) mass is 289 g/mol. The van der Waals surface area contributed by atoms with Crippen LogP contribution in [0.1, 0.15) is 48.7 Å². The van der Waals surface area contributed by atoms with Crippen LogP contribution >= 0.6 is 11.3 Å². The minimum Gasteiger partial charge on any atom is -0.493 e. The summed E-state index contributed by atoms with van der Waals surface area (Å²) in [4.78, 5) is 4.59. The first-order valence-electron chi connectivity index (χ1n) is 6.85. The van der Waals surface area contributed by atoms with Gasteiger partial charge in [0.25, 0.3) is 0 Å². The molecule has 0 amide bonds. The van der Waals surface area contributed by atoms with Crippen LogP contribution in [0.3, 0.4) is 0 Å². The van der Waals surface area contributed by atoms with Crippen LogP contribution in [0.2, 0.25) is 0 Å². The lowest BCUT2D eigenvalue weighted by molar-refractivity contribution is 0.215. The number of hydrogen-bond donors (Lipinski definition) is 1. The van der Waals surface area contributed by atoms with Crippen molar-refractivity contribution in [3.05, 3.63) is 45.4 Å². The van der Waals surface area contributed by atoms with Crippen molar-refractivity contribution in [1.29, 1.82) is 0 Å². The van der Waals surface area contributed by atoms with E-state index >= 15 is 0 Å². The van der Waals surface area contributed by atoms with Crippen LogP contribution in [0.25, 0.3) is 0 Å². The van der Waals surface area contributed by atoms with E-state index in [0.29, 0.717) is 0 Å². The number of hydrogen-bond acceptors (Lipinski definition) is 4. The number of thiazole rings is 1. The summed E-state index contributed by atoms with van der Waals surface area (Å²) in [7, 11) is 0. The number of nitrogens with zero attached hydrogens (tertiary/aromatic N) is 1. The summed E-state index contributed by atoms with van der Waals surface area (Å²) in [5.74, 6) is 0.939. The number of aliphatic hydroxyl groups excluding tert-OH is 1. The summed E-state index contributed by atoms with van der Waals surface area (Å²) in [6.45, 7) is 7.14. The number of benzene rings is 1. The van der Waals surface area contributed by atoms with E-state index < -0.39 is 6.10 Å². The maximum Gasteiger partial charge on any atom is 0.122 e. The summed E-state index contributed by atoms with van der Waals surface area (Å²) in [5, 5.41) is 13.5. The zero-order valence-corrected chi connectivity index (χ0v) is 12.8. The van der Waals surface area contributed by atoms with Gasteiger partial charge in [-0.25, -0.2) is 4.98 Å². The molecule has 2 heterocycles. The van der Waals surface area contributed by atoms with Gasteiger partial charge in [0.05, 0.1) is 17.3 Å². The van der Waals surface area contributed by atoms with Gasteiger partial charge in [0.1, 0.15) is 11.9 Å². The molecule has 1 aliphatic heterocycles. The van der Waals surface area contributed by atoms with Crippen molar-refractivity contribution < 1.29 is 9.84 Å². The van der Waals surface area contributed by atoms with Crippen LogP contribution in [0.15, 0.2) is 23.6 Å². The zero-order valence-electron chi connectivity index (χ0n) is 12.0. The molecule has 3 rings (SSSR count). The SMILES string of the molecule is CC(C)(C)c1nc(C(O)c2ccc3c(c2)CCO3)cs1. The molecular formula is C16H19NO2S. The average molecular weight is 289 g/mol. The molecule has 1 N–H and O–H groups in total. The maximum atomic E-state index is 10.5. The molecule has 4 heteroatoms. The standard InChI is InChI=1S/C16H19NO2S/c1-16(2,3)15-17-12(9-20-15)14(18)11-4-5-13-10(8-11)6-7-19-13/h4-5,8-9,14,18H,6-7H2,1-3H3. The second-order valence-corrected chi connectivity index (χ2v) is 7.05. The molecule has 1 aromatic heterocycles. The van der Waals surface area contributed by atoms with Gasteiger partial charge in [-0.05, 0) is 23.3 Å². The first-order chi connectivity index (χ1) is 9.45. The third-order valence-electron chi connectivity index (χ3n) is 3.47. The number of aliphatic hydroxyl groups is 1. The molecule has 0 bridgehead atoms. The molecular weight excluding hydrogens is 270 g/mol. The molecule has 1 unspecified atom stereocenters. The van der Waals surface area contributed by atoms with Crippen molar-refractivity contribution in [2.24, 2.45) is 0 Å². The van der Waals surface area contributed by atoms with Gasteiger partial charge in [0.15, 0.2) is 0 Å². The van der Waals surface area contributed by atoms with E-state index in [1.54, 1.807) is 11.3 Å². The summed E-state index contributed by atoms with van der Waals surface area (Å²) in [6, 6.07) is 5.89. The molecule has 0 fully saturated rings. The van der Waals surface area contributed by atoms with Crippen molar-refractivity contribution in [2.75, 3.05) is 6.61 Å². The molecule has 1 aromatic carbocycles. The predicted molar refractivity (Wildman–Crippen MR) is 80.5 cm³/mol. The Kier molecular flexibility index (Phi) is 3.30. The van der Waals surface area contributed by atoms with Gasteiger partial charge in [-0.3, -0.25) is 0 Å². The number of aromatic nitrogens is 1. The van der Waals surface area contributed by atoms with E-state index in [-0.39, 0.29) is 5.41 Å². The molecule has 1 atom stereocenters. The van der Waals surface area contributed by atoms with Crippen LogP contribution in [-0.4, -0.2) is 16.7 Å². The predicted octanol–water partition coefficient (Wildman–Crippen LogP) is 3.46. The van der Waals surface area contributed by atoms with Crippen molar-refractivity contribution in [2.45, 2.75) is 38.7 Å². The number of ether oxygens (including phenoxy) is 1. The van der Waals surface area contributed by atoms with E-state index in [1.165, 1.54) is 5.56 Å². The lowest BCUT2D eigenvalue weighted by atomic mass is 9.98. The van der Waals surface area contributed by atoms with E-state index in [4.69, 9.17) is 4.74 Å². The molecule has 1 aliphatic rings. The molecule has 0 aliphatic carbocycles. The maximum absolute atomic E-state index is 10.5. The Balaban J connectivity index is 1.89. The minimum absolute atomic E-state index is 0.0222. The van der Waals surface area contributed by atoms with Gasteiger partial charge in [-0.1, -0.05) is 26.8 Å². The van der Waals surface area contributed by atoms with Gasteiger partial charge in [-0.15, -0.1) is 11.3 Å². The fraction of sp³-hybridized carbons (Fsp3) is 0.438. The van der Waals surface area contributed by atoms with Crippen molar-refractivity contribution in [3.8, 4) is 5.75 Å². The summed E-state index contributed by atoms with van der Waals surface area (Å²) in [6.07, 6.45) is 0.258. The summed E-state index contributed by atoms with van der Waals surface area (Å²) < 4.78 is 5.49. The Morgan fingerprint density at radius 3 is 2.85 bits per heavy atom. The van der Waals surface area contributed by atoms with Crippen LogP contribution < -0.4 is 4.74 Å². The first kappa shape index (κ1) is 13.6.